The standard InChI is InChI=1S/C59H66.C43H54.C12H8Br2/c1-3-5-7-9-11-13-33-59(34-14-12-10-8-6-4-2)57-39-45(35-43-17-15-19-49(37-43)53-29-25-47-23-27-51(47)41-53)21-31-55(57)56-32-22-46(40-58(56)59)36-44-18-16-20-50(38-44)54-30-26-48-24-28-52(48)42-54;1-3-5-7-9-11-19-29-43(30-20-12-10-8-6-4-2)41-33-37(31-35-21-15-13-16-22-35)25-27-39(41)40-28-26-38(34-42(40)43)32-36-23-17-14-18-24-36;13-11-5-1-9(2-6-11)10-3-7-12(14)8-4-10/h15-22,25-26,29-32,37-42H,3-14,23-24,27-28,33-36H2,1-2H3;13-18,21-28,33-34H,3-12,19-20,29-32H2,1-2H3;1-8H. The first-order valence-corrected chi connectivity index (χ1v) is 47.2. The van der Waals surface area contributed by atoms with Crippen molar-refractivity contribution in [2.45, 2.75) is 270 Å². The zero-order valence-electron chi connectivity index (χ0n) is 70.6. The zero-order chi connectivity index (χ0) is 79.7. The molecule has 116 heavy (non-hydrogen) atoms. The molecule has 12 aromatic carbocycles. The van der Waals surface area contributed by atoms with Crippen molar-refractivity contribution in [1.29, 1.82) is 0 Å². The van der Waals surface area contributed by atoms with Crippen LogP contribution in [-0.4, -0.2) is 0 Å². The maximum absolute atomic E-state index is 3.42. The van der Waals surface area contributed by atoms with Gasteiger partial charge < -0.3 is 0 Å². The summed E-state index contributed by atoms with van der Waals surface area (Å²) in [7, 11) is 0. The molecule has 0 spiro atoms. The predicted octanol–water partition coefficient (Wildman–Crippen LogP) is 33.7. The fourth-order valence-electron chi connectivity index (χ4n) is 19.7. The molecule has 4 aliphatic rings. The quantitative estimate of drug-likeness (QED) is 0.0337. The van der Waals surface area contributed by atoms with Gasteiger partial charge in [-0.15, -0.1) is 0 Å². The minimum atomic E-state index is 0.0632. The van der Waals surface area contributed by atoms with Gasteiger partial charge in [-0.25, -0.2) is 0 Å². The molecule has 12 aromatic rings. The third-order valence-electron chi connectivity index (χ3n) is 26.4. The molecule has 0 unspecified atom stereocenters. The number of rotatable bonds is 39. The van der Waals surface area contributed by atoms with Gasteiger partial charge in [-0.2, -0.15) is 0 Å². The van der Waals surface area contributed by atoms with Crippen LogP contribution in [0.15, 0.2) is 276 Å². The van der Waals surface area contributed by atoms with E-state index in [1.54, 1.807) is 22.3 Å². The van der Waals surface area contributed by atoms with Gasteiger partial charge in [-0.05, 0) is 246 Å². The van der Waals surface area contributed by atoms with Gasteiger partial charge in [0.1, 0.15) is 0 Å². The first kappa shape index (κ1) is 84.1. The Bertz CT molecular complexity index is 4770. The zero-order valence-corrected chi connectivity index (χ0v) is 73.8. The van der Waals surface area contributed by atoms with E-state index >= 15 is 0 Å². The summed E-state index contributed by atoms with van der Waals surface area (Å²) in [5, 5.41) is 0. The predicted molar refractivity (Wildman–Crippen MR) is 507 cm³/mol. The van der Waals surface area contributed by atoms with E-state index in [2.05, 4.69) is 326 Å². The number of hydrogen-bond donors (Lipinski definition) is 0. The Balaban J connectivity index is 0.000000169. The smallest absolute Gasteiger partial charge is 0.0215 e. The van der Waals surface area contributed by atoms with Crippen molar-refractivity contribution in [2.24, 2.45) is 0 Å². The lowest BCUT2D eigenvalue weighted by Crippen LogP contribution is -2.26. The molecule has 0 fully saturated rings. The van der Waals surface area contributed by atoms with E-state index in [9.17, 15) is 0 Å². The first-order valence-electron chi connectivity index (χ1n) is 45.6. The van der Waals surface area contributed by atoms with Gasteiger partial charge >= 0.3 is 0 Å². The van der Waals surface area contributed by atoms with Crippen molar-refractivity contribution in [3.8, 4) is 55.6 Å². The number of benzene rings is 12. The van der Waals surface area contributed by atoms with Crippen LogP contribution in [0.5, 0.6) is 0 Å². The Morgan fingerprint density at radius 2 is 0.466 bits per heavy atom. The van der Waals surface area contributed by atoms with Crippen LogP contribution in [0.2, 0.25) is 0 Å². The summed E-state index contributed by atoms with van der Waals surface area (Å²) in [6.45, 7) is 9.31. The fraction of sp³-hybridized carbons (Fsp3) is 0.368. The third kappa shape index (κ3) is 21.5. The molecule has 2 heteroatoms. The molecule has 0 amide bonds. The molecular formula is C114H128Br2. The van der Waals surface area contributed by atoms with Crippen molar-refractivity contribution in [2.75, 3.05) is 0 Å². The molecule has 0 nitrogen and oxygen atoms in total. The Kier molecular flexibility index (Phi) is 30.7. The van der Waals surface area contributed by atoms with E-state index in [4.69, 9.17) is 0 Å². The number of unbranched alkanes of at least 4 members (excludes halogenated alkanes) is 20. The van der Waals surface area contributed by atoms with Gasteiger partial charge in [0.15, 0.2) is 0 Å². The number of halogens is 2. The van der Waals surface area contributed by atoms with Gasteiger partial charge in [-0.3, -0.25) is 0 Å². The second kappa shape index (κ2) is 42.3. The first-order chi connectivity index (χ1) is 57.1. The Morgan fingerprint density at radius 1 is 0.207 bits per heavy atom. The van der Waals surface area contributed by atoms with Crippen LogP contribution in [0.4, 0.5) is 0 Å². The van der Waals surface area contributed by atoms with Crippen LogP contribution < -0.4 is 0 Å². The van der Waals surface area contributed by atoms with Crippen LogP contribution in [0.1, 0.15) is 296 Å². The second-order valence-corrected chi connectivity index (χ2v) is 36.6. The molecule has 0 bridgehead atoms. The molecular weight excluding hydrogens is 1530 g/mol. The topological polar surface area (TPSA) is 0 Å². The van der Waals surface area contributed by atoms with Crippen LogP contribution in [0.25, 0.3) is 55.6 Å². The van der Waals surface area contributed by atoms with Crippen molar-refractivity contribution in [3.05, 3.63) is 365 Å². The normalized spacial score (nSPS) is 13.3. The average Bonchev–Trinajstić information content (AvgIpc) is 1.57. The minimum absolute atomic E-state index is 0.0632. The summed E-state index contributed by atoms with van der Waals surface area (Å²) >= 11 is 6.84. The maximum atomic E-state index is 3.42. The molecule has 598 valence electrons. The molecule has 0 atom stereocenters. The lowest BCUT2D eigenvalue weighted by Gasteiger charge is -2.33. The van der Waals surface area contributed by atoms with Crippen molar-refractivity contribution in [3.63, 3.8) is 0 Å². The van der Waals surface area contributed by atoms with Crippen molar-refractivity contribution < 1.29 is 0 Å². The number of fused-ring (bicyclic) bond motifs is 8. The molecule has 4 aliphatic carbocycles. The molecule has 0 heterocycles. The summed E-state index contributed by atoms with van der Waals surface area (Å²) in [6.07, 6.45) is 46.3. The largest absolute Gasteiger partial charge is 0.0654 e. The maximum Gasteiger partial charge on any atom is 0.0215 e. The summed E-state index contributed by atoms with van der Waals surface area (Å²) in [6, 6.07) is 102. The van der Waals surface area contributed by atoms with E-state index in [-0.39, 0.29) is 10.8 Å². The fourth-order valence-corrected chi connectivity index (χ4v) is 20.2. The van der Waals surface area contributed by atoms with Crippen molar-refractivity contribution in [1.82, 2.24) is 0 Å². The Labute approximate surface area is 716 Å². The summed E-state index contributed by atoms with van der Waals surface area (Å²) < 4.78 is 2.22. The van der Waals surface area contributed by atoms with Gasteiger partial charge in [0.25, 0.3) is 0 Å². The molecule has 0 saturated heterocycles. The lowest BCUT2D eigenvalue weighted by atomic mass is 9.70. The molecule has 0 radical (unpaired) electrons. The van der Waals surface area contributed by atoms with Crippen LogP contribution in [0, 0.1) is 0 Å². The molecule has 0 N–H and O–H groups in total. The highest BCUT2D eigenvalue weighted by atomic mass is 79.9. The summed E-state index contributed by atoms with van der Waals surface area (Å²) in [4.78, 5) is 0. The van der Waals surface area contributed by atoms with E-state index in [1.807, 2.05) is 0 Å². The van der Waals surface area contributed by atoms with E-state index in [1.165, 1.54) is 328 Å². The highest BCUT2D eigenvalue weighted by Crippen LogP contribution is 2.57. The molecule has 16 rings (SSSR count). The van der Waals surface area contributed by atoms with E-state index in [0.29, 0.717) is 0 Å². The number of aryl methyl sites for hydroxylation is 4. The summed E-state index contributed by atoms with van der Waals surface area (Å²) in [5.74, 6) is 0. The summed E-state index contributed by atoms with van der Waals surface area (Å²) in [5.41, 5.74) is 38.1. The van der Waals surface area contributed by atoms with Gasteiger partial charge in [-0.1, -0.05) is 456 Å². The molecule has 0 aliphatic heterocycles. The van der Waals surface area contributed by atoms with Gasteiger partial charge in [0, 0.05) is 19.8 Å². The highest BCUT2D eigenvalue weighted by molar-refractivity contribution is 9.10. The Hall–Kier alpha value is -8.40. The van der Waals surface area contributed by atoms with Crippen LogP contribution in [-0.2, 0) is 62.2 Å². The second-order valence-electron chi connectivity index (χ2n) is 34.8. The average molecular weight is 1660 g/mol. The highest BCUT2D eigenvalue weighted by Gasteiger charge is 2.44. The third-order valence-corrected chi connectivity index (χ3v) is 27.5. The van der Waals surface area contributed by atoms with E-state index < -0.39 is 0 Å². The number of hydrogen-bond acceptors (Lipinski definition) is 0. The van der Waals surface area contributed by atoms with E-state index in [0.717, 1.165) is 34.6 Å². The van der Waals surface area contributed by atoms with Gasteiger partial charge in [0.2, 0.25) is 0 Å². The van der Waals surface area contributed by atoms with Crippen molar-refractivity contribution >= 4 is 31.9 Å². The molecule has 0 aromatic heterocycles. The van der Waals surface area contributed by atoms with Crippen LogP contribution >= 0.6 is 31.9 Å². The Morgan fingerprint density at radius 3 is 0.759 bits per heavy atom. The lowest BCUT2D eigenvalue weighted by molar-refractivity contribution is 0.397. The minimum Gasteiger partial charge on any atom is -0.0654 e. The SMILES string of the molecule is Brc1ccc(-c2ccc(Br)cc2)cc1.CCCCCCCCC1(CCCCCCCC)c2cc(Cc3cccc(-c4ccc5c(c4)CC5)c3)ccc2-c2ccc(Cc3cccc(-c4ccc5c(c4)CC5)c3)cc21.CCCCCCCCC1(CCCCCCCC)c2cc(Cc3ccccc3)ccc2-c2ccc(Cc3ccccc3)cc21. The van der Waals surface area contributed by atoms with Crippen LogP contribution in [0.3, 0.4) is 0 Å². The monoisotopic (exact) mass is 1650 g/mol. The van der Waals surface area contributed by atoms with Gasteiger partial charge in [0.05, 0.1) is 0 Å². The molecule has 0 saturated carbocycles.